The number of fused-ring (bicyclic) bond motifs is 1. The Balaban J connectivity index is 1.84. The zero-order chi connectivity index (χ0) is 30.2. The maximum atomic E-state index is 13.9. The van der Waals surface area contributed by atoms with E-state index in [-0.39, 0.29) is 24.3 Å². The van der Waals surface area contributed by atoms with Gasteiger partial charge in [0.05, 0.1) is 42.2 Å². The lowest BCUT2D eigenvalue weighted by Gasteiger charge is -2.25. The van der Waals surface area contributed by atoms with Gasteiger partial charge >= 0.3 is 11.9 Å². The van der Waals surface area contributed by atoms with E-state index in [1.807, 2.05) is 31.2 Å². The third-order valence-electron chi connectivity index (χ3n) is 6.22. The molecule has 0 bridgehead atoms. The van der Waals surface area contributed by atoms with Gasteiger partial charge in [0, 0.05) is 0 Å². The summed E-state index contributed by atoms with van der Waals surface area (Å²) in [5.41, 5.74) is 1.76. The van der Waals surface area contributed by atoms with Crippen molar-refractivity contribution in [3.63, 3.8) is 0 Å². The summed E-state index contributed by atoms with van der Waals surface area (Å²) in [6.45, 7) is 9.45. The van der Waals surface area contributed by atoms with Crippen LogP contribution < -0.4 is 29.1 Å². The molecule has 0 saturated carbocycles. The summed E-state index contributed by atoms with van der Waals surface area (Å²) in [5.74, 6) is 0.232. The summed E-state index contributed by atoms with van der Waals surface area (Å²) in [6.07, 6.45) is 3.44. The van der Waals surface area contributed by atoms with Crippen molar-refractivity contribution >= 4 is 29.4 Å². The van der Waals surface area contributed by atoms with Gasteiger partial charge in [-0.25, -0.2) is 14.6 Å². The second-order valence-electron chi connectivity index (χ2n) is 8.97. The molecule has 0 N–H and O–H groups in total. The van der Waals surface area contributed by atoms with E-state index in [0.29, 0.717) is 51.1 Å². The van der Waals surface area contributed by atoms with Crippen molar-refractivity contribution in [1.29, 1.82) is 0 Å². The molecule has 4 rings (SSSR count). The third kappa shape index (κ3) is 6.63. The van der Waals surface area contributed by atoms with Gasteiger partial charge in [-0.05, 0) is 62.2 Å². The molecule has 2 heterocycles. The van der Waals surface area contributed by atoms with Gasteiger partial charge in [-0.2, -0.15) is 0 Å². The second kappa shape index (κ2) is 13.8. The molecule has 0 fully saturated rings. The second-order valence-corrected chi connectivity index (χ2v) is 9.98. The molecule has 220 valence electrons. The number of rotatable bonds is 12. The van der Waals surface area contributed by atoms with Gasteiger partial charge in [-0.3, -0.25) is 9.36 Å². The molecule has 10 nitrogen and oxygen atoms in total. The third-order valence-corrected chi connectivity index (χ3v) is 7.20. The van der Waals surface area contributed by atoms with Gasteiger partial charge in [0.2, 0.25) is 0 Å². The predicted octanol–water partition coefficient (Wildman–Crippen LogP) is 3.31. The fraction of sp³-hybridized carbons (Fsp3) is 0.290. The summed E-state index contributed by atoms with van der Waals surface area (Å²) >= 11 is 1.23. The number of allylic oxidation sites excluding steroid dienone is 1. The largest absolute Gasteiger partial charge is 0.490 e. The fourth-order valence-electron chi connectivity index (χ4n) is 4.35. The fourth-order valence-corrected chi connectivity index (χ4v) is 5.40. The summed E-state index contributed by atoms with van der Waals surface area (Å²) in [4.78, 5) is 43.8. The number of thiazole rings is 1. The zero-order valence-corrected chi connectivity index (χ0v) is 24.7. The molecular weight excluding hydrogens is 560 g/mol. The van der Waals surface area contributed by atoms with Crippen LogP contribution in [-0.4, -0.2) is 50.0 Å². The predicted molar refractivity (Wildman–Crippen MR) is 158 cm³/mol. The van der Waals surface area contributed by atoms with Crippen molar-refractivity contribution in [3.8, 4) is 17.2 Å². The molecule has 42 heavy (non-hydrogen) atoms. The number of hydrogen-bond acceptors (Lipinski definition) is 10. The molecule has 1 atom stereocenters. The van der Waals surface area contributed by atoms with Crippen LogP contribution in [0.4, 0.5) is 0 Å². The smallest absolute Gasteiger partial charge is 0.343 e. The van der Waals surface area contributed by atoms with Crippen LogP contribution in [0.3, 0.4) is 0 Å². The number of esters is 2. The van der Waals surface area contributed by atoms with Crippen LogP contribution >= 0.6 is 11.3 Å². The molecule has 2 aromatic carbocycles. The minimum atomic E-state index is -0.842. The summed E-state index contributed by atoms with van der Waals surface area (Å²) in [7, 11) is 1.27. The normalized spacial score (nSPS) is 14.5. The highest BCUT2D eigenvalue weighted by Crippen LogP contribution is 2.36. The maximum Gasteiger partial charge on any atom is 0.343 e. The van der Waals surface area contributed by atoms with Crippen LogP contribution in [0.2, 0.25) is 0 Å². The molecule has 0 amide bonds. The average Bonchev–Trinajstić information content (AvgIpc) is 3.29. The first-order chi connectivity index (χ1) is 20.3. The Morgan fingerprint density at radius 3 is 2.48 bits per heavy atom. The minimum absolute atomic E-state index is 0.157. The van der Waals surface area contributed by atoms with Gasteiger partial charge in [-0.1, -0.05) is 42.2 Å². The van der Waals surface area contributed by atoms with Crippen LogP contribution in [0.5, 0.6) is 17.2 Å². The Kier molecular flexibility index (Phi) is 9.98. The quantitative estimate of drug-likeness (QED) is 0.233. The molecule has 1 aromatic heterocycles. The van der Waals surface area contributed by atoms with Crippen LogP contribution in [0.1, 0.15) is 37.9 Å². The summed E-state index contributed by atoms with van der Waals surface area (Å²) in [5, 5.41) is 0. The lowest BCUT2D eigenvalue weighted by Crippen LogP contribution is -2.40. The Hall–Kier alpha value is -4.64. The Labute approximate surface area is 246 Å². The van der Waals surface area contributed by atoms with Gasteiger partial charge in [0.1, 0.15) is 12.4 Å². The highest BCUT2D eigenvalue weighted by atomic mass is 32.1. The standard InChI is InChI=1S/C31H32N2O8S/c1-6-15-40-22-12-9-20(10-13-22)16-25-29(35)33-28(27(30(36)39-8-3)19(4)32-31(33)42-25)21-11-14-23(24(17-21)38-7-2)41-18-26(34)37-5/h6,9-14,16-17,28H,1,7-8,15,18H2,2-5H3/b25-16-/t28-/m0/s1. The molecule has 0 saturated heterocycles. The monoisotopic (exact) mass is 592 g/mol. The first-order valence-electron chi connectivity index (χ1n) is 13.3. The number of methoxy groups -OCH3 is 1. The summed E-state index contributed by atoms with van der Waals surface area (Å²) < 4.78 is 28.9. The van der Waals surface area contributed by atoms with Gasteiger partial charge in [0.25, 0.3) is 5.56 Å². The Bertz CT molecular complexity index is 1680. The number of carbonyl (C=O) groups is 2. The lowest BCUT2D eigenvalue weighted by atomic mass is 9.95. The van der Waals surface area contributed by atoms with E-state index in [1.54, 1.807) is 44.2 Å². The molecular formula is C31H32N2O8S. The molecule has 0 unspecified atom stereocenters. The van der Waals surface area contributed by atoms with Crippen molar-refractivity contribution in [2.24, 2.45) is 4.99 Å². The number of benzene rings is 2. The van der Waals surface area contributed by atoms with Gasteiger partial charge in [-0.15, -0.1) is 0 Å². The first kappa shape index (κ1) is 30.3. The van der Waals surface area contributed by atoms with Crippen molar-refractivity contribution in [2.75, 3.05) is 33.5 Å². The van der Waals surface area contributed by atoms with Crippen molar-refractivity contribution in [3.05, 3.63) is 97.2 Å². The maximum absolute atomic E-state index is 13.9. The van der Waals surface area contributed by atoms with Crippen LogP contribution in [0.25, 0.3) is 6.08 Å². The topological polar surface area (TPSA) is 115 Å². The number of carbonyl (C=O) groups excluding carboxylic acids is 2. The number of nitrogens with zero attached hydrogens (tertiary/aromatic N) is 2. The molecule has 1 aliphatic heterocycles. The van der Waals surface area contributed by atoms with E-state index in [1.165, 1.54) is 23.0 Å². The van der Waals surface area contributed by atoms with E-state index < -0.39 is 18.0 Å². The molecule has 0 radical (unpaired) electrons. The number of hydrogen-bond donors (Lipinski definition) is 0. The van der Waals surface area contributed by atoms with Gasteiger partial charge in [0.15, 0.2) is 22.9 Å². The zero-order valence-electron chi connectivity index (χ0n) is 23.9. The van der Waals surface area contributed by atoms with Crippen LogP contribution in [0.15, 0.2) is 76.2 Å². The average molecular weight is 593 g/mol. The number of ether oxygens (including phenoxy) is 5. The molecule has 0 aliphatic carbocycles. The Morgan fingerprint density at radius 1 is 1.05 bits per heavy atom. The van der Waals surface area contributed by atoms with Crippen molar-refractivity contribution in [1.82, 2.24) is 4.57 Å². The van der Waals surface area contributed by atoms with E-state index in [0.717, 1.165) is 5.56 Å². The number of aromatic nitrogens is 1. The Morgan fingerprint density at radius 2 is 1.81 bits per heavy atom. The highest BCUT2D eigenvalue weighted by Gasteiger charge is 2.34. The molecule has 1 aliphatic rings. The van der Waals surface area contributed by atoms with Crippen LogP contribution in [-0.2, 0) is 19.1 Å². The van der Waals surface area contributed by atoms with Crippen molar-refractivity contribution < 1.29 is 33.3 Å². The van der Waals surface area contributed by atoms with E-state index >= 15 is 0 Å². The molecule has 0 spiro atoms. The highest BCUT2D eigenvalue weighted by molar-refractivity contribution is 7.07. The van der Waals surface area contributed by atoms with Gasteiger partial charge < -0.3 is 23.7 Å². The van der Waals surface area contributed by atoms with E-state index in [9.17, 15) is 14.4 Å². The van der Waals surface area contributed by atoms with E-state index in [4.69, 9.17) is 18.9 Å². The van der Waals surface area contributed by atoms with E-state index in [2.05, 4.69) is 16.3 Å². The molecule has 3 aromatic rings. The molecule has 11 heteroatoms. The summed E-state index contributed by atoms with van der Waals surface area (Å²) in [6, 6.07) is 11.5. The van der Waals surface area contributed by atoms with Crippen molar-refractivity contribution in [2.45, 2.75) is 26.8 Å². The lowest BCUT2D eigenvalue weighted by molar-refractivity contribution is -0.143. The van der Waals surface area contributed by atoms with Crippen LogP contribution in [0, 0.1) is 0 Å². The SMILES string of the molecule is C=CCOc1ccc(/C=c2\sc3n(c2=O)[C@@H](c2ccc(OCC(=O)OC)c(OCC)c2)C(C(=O)OCC)=C(C)N=3)cc1. The first-order valence-corrected chi connectivity index (χ1v) is 14.1. The minimum Gasteiger partial charge on any atom is -0.490 e.